The van der Waals surface area contributed by atoms with Crippen LogP contribution in [0.4, 0.5) is 5.82 Å². The average Bonchev–Trinajstić information content (AvgIpc) is 2.65. The summed E-state index contributed by atoms with van der Waals surface area (Å²) in [4.78, 5) is 8.43. The molecule has 2 rings (SSSR count). The molecule has 0 bridgehead atoms. The summed E-state index contributed by atoms with van der Waals surface area (Å²) in [5.41, 5.74) is 5.68. The summed E-state index contributed by atoms with van der Waals surface area (Å²) in [6.45, 7) is 1.88. The van der Waals surface area contributed by atoms with Gasteiger partial charge in [0.1, 0.15) is 16.7 Å². The zero-order valence-electron chi connectivity index (χ0n) is 9.07. The first-order chi connectivity index (χ1) is 7.24. The smallest absolute Gasteiger partial charge is 0.128 e. The summed E-state index contributed by atoms with van der Waals surface area (Å²) in [6, 6.07) is 1.87. The second-order valence-electron chi connectivity index (χ2n) is 4.14. The van der Waals surface area contributed by atoms with Crippen molar-refractivity contribution in [2.75, 3.05) is 11.5 Å². The van der Waals surface area contributed by atoms with Gasteiger partial charge < -0.3 is 5.73 Å². The molecule has 1 aromatic rings. The number of aryl methyl sites for hydroxylation is 1. The Morgan fingerprint density at radius 2 is 2.13 bits per heavy atom. The molecule has 0 spiro atoms. The normalized spacial score (nSPS) is 17.1. The molecule has 0 unspecified atom stereocenters. The molecule has 1 aliphatic rings. The molecule has 1 saturated carbocycles. The quantitative estimate of drug-likeness (QED) is 0.632. The number of hydrogen-bond donors (Lipinski definition) is 1. The number of hydrogen-bond acceptors (Lipinski definition) is 4. The lowest BCUT2D eigenvalue weighted by molar-refractivity contribution is 0.622. The minimum Gasteiger partial charge on any atom is -0.384 e. The zero-order chi connectivity index (χ0) is 10.7. The summed E-state index contributed by atoms with van der Waals surface area (Å²) in [5.74, 6) is 3.41. The van der Waals surface area contributed by atoms with Crippen LogP contribution in [0.2, 0.25) is 0 Å². The molecule has 15 heavy (non-hydrogen) atoms. The number of nitrogens with two attached hydrogens (primary N) is 1. The van der Waals surface area contributed by atoms with Gasteiger partial charge in [0.15, 0.2) is 0 Å². The largest absolute Gasteiger partial charge is 0.384 e. The number of nitrogen functional groups attached to an aromatic ring is 1. The Morgan fingerprint density at radius 3 is 2.80 bits per heavy atom. The Bertz CT molecular complexity index is 314. The van der Waals surface area contributed by atoms with Crippen LogP contribution in [0.1, 0.15) is 31.5 Å². The number of nitrogens with zero attached hydrogens (tertiary/aromatic N) is 2. The van der Waals surface area contributed by atoms with Gasteiger partial charge in [-0.1, -0.05) is 12.8 Å². The average molecular weight is 223 g/mol. The van der Waals surface area contributed by atoms with E-state index in [0.717, 1.165) is 16.8 Å². The summed E-state index contributed by atoms with van der Waals surface area (Å²) < 4.78 is 0. The van der Waals surface area contributed by atoms with Crippen LogP contribution in [0, 0.1) is 12.8 Å². The molecule has 2 N–H and O–H groups in total. The molecule has 1 aliphatic carbocycles. The molecule has 4 heteroatoms. The molecule has 0 aromatic carbocycles. The molecular weight excluding hydrogens is 206 g/mol. The predicted octanol–water partition coefficient (Wildman–Crippen LogP) is 2.65. The zero-order valence-corrected chi connectivity index (χ0v) is 9.89. The van der Waals surface area contributed by atoms with E-state index in [1.165, 1.54) is 31.4 Å². The maximum Gasteiger partial charge on any atom is 0.128 e. The Hall–Kier alpha value is -0.770. The van der Waals surface area contributed by atoms with Crippen LogP contribution in [0.3, 0.4) is 0 Å². The Balaban J connectivity index is 1.92. The molecule has 1 aromatic heterocycles. The van der Waals surface area contributed by atoms with Gasteiger partial charge in [-0.3, -0.25) is 0 Å². The van der Waals surface area contributed by atoms with Gasteiger partial charge in [0.2, 0.25) is 0 Å². The van der Waals surface area contributed by atoms with E-state index in [1.54, 1.807) is 0 Å². The third kappa shape index (κ3) is 3.09. The van der Waals surface area contributed by atoms with Crippen molar-refractivity contribution in [2.24, 2.45) is 5.92 Å². The summed E-state index contributed by atoms with van der Waals surface area (Å²) in [7, 11) is 0. The second kappa shape index (κ2) is 4.84. The first kappa shape index (κ1) is 10.7. The molecule has 0 amide bonds. The van der Waals surface area contributed by atoms with Gasteiger partial charge in [-0.2, -0.15) is 0 Å². The third-order valence-electron chi connectivity index (χ3n) is 2.78. The minimum absolute atomic E-state index is 0.580. The lowest BCUT2D eigenvalue weighted by Crippen LogP contribution is -2.00. The van der Waals surface area contributed by atoms with E-state index < -0.39 is 0 Å². The van der Waals surface area contributed by atoms with Gasteiger partial charge in [0.05, 0.1) is 0 Å². The van der Waals surface area contributed by atoms with Gasteiger partial charge in [-0.25, -0.2) is 9.97 Å². The number of aromatic nitrogens is 2. The lowest BCUT2D eigenvalue weighted by Gasteiger charge is -2.08. The monoisotopic (exact) mass is 223 g/mol. The van der Waals surface area contributed by atoms with Crippen molar-refractivity contribution in [3.05, 3.63) is 11.9 Å². The molecule has 0 aliphatic heterocycles. The SMILES string of the molecule is Cc1nc(N)cc(SCC2CCCC2)n1. The predicted molar refractivity (Wildman–Crippen MR) is 63.9 cm³/mol. The standard InChI is InChI=1S/C11H17N3S/c1-8-13-10(12)6-11(14-8)15-7-9-4-2-3-5-9/h6,9H,2-5,7H2,1H3,(H2,12,13,14). The maximum atomic E-state index is 5.68. The maximum absolute atomic E-state index is 5.68. The van der Waals surface area contributed by atoms with Gasteiger partial charge in [0.25, 0.3) is 0 Å². The highest BCUT2D eigenvalue weighted by Crippen LogP contribution is 2.30. The lowest BCUT2D eigenvalue weighted by atomic mass is 10.1. The van der Waals surface area contributed by atoms with Gasteiger partial charge >= 0.3 is 0 Å². The number of anilines is 1. The van der Waals surface area contributed by atoms with E-state index in [0.29, 0.717) is 5.82 Å². The van der Waals surface area contributed by atoms with Crippen LogP contribution in [0.25, 0.3) is 0 Å². The van der Waals surface area contributed by atoms with Crippen molar-refractivity contribution in [2.45, 2.75) is 37.6 Å². The molecule has 1 fully saturated rings. The molecule has 0 atom stereocenters. The first-order valence-electron chi connectivity index (χ1n) is 5.48. The Labute approximate surface area is 94.9 Å². The van der Waals surface area contributed by atoms with Crippen molar-refractivity contribution in [1.82, 2.24) is 9.97 Å². The molecule has 82 valence electrons. The number of thioether (sulfide) groups is 1. The van der Waals surface area contributed by atoms with Crippen molar-refractivity contribution in [3.8, 4) is 0 Å². The highest BCUT2D eigenvalue weighted by Gasteiger charge is 2.15. The topological polar surface area (TPSA) is 51.8 Å². The first-order valence-corrected chi connectivity index (χ1v) is 6.46. The number of rotatable bonds is 3. The fourth-order valence-electron chi connectivity index (χ4n) is 2.02. The summed E-state index contributed by atoms with van der Waals surface area (Å²) in [6.07, 6.45) is 5.56. The van der Waals surface area contributed by atoms with Crippen molar-refractivity contribution < 1.29 is 0 Å². The van der Waals surface area contributed by atoms with Crippen LogP contribution in [0.5, 0.6) is 0 Å². The summed E-state index contributed by atoms with van der Waals surface area (Å²) in [5, 5.41) is 1.02. The van der Waals surface area contributed by atoms with Gasteiger partial charge in [-0.05, 0) is 25.7 Å². The van der Waals surface area contributed by atoms with Crippen molar-refractivity contribution in [1.29, 1.82) is 0 Å². The van der Waals surface area contributed by atoms with Crippen LogP contribution in [-0.2, 0) is 0 Å². The van der Waals surface area contributed by atoms with Crippen molar-refractivity contribution in [3.63, 3.8) is 0 Å². The molecule has 0 radical (unpaired) electrons. The van der Waals surface area contributed by atoms with Crippen LogP contribution >= 0.6 is 11.8 Å². The van der Waals surface area contributed by atoms with E-state index in [2.05, 4.69) is 9.97 Å². The van der Waals surface area contributed by atoms with Gasteiger partial charge in [0, 0.05) is 11.8 Å². The molecule has 3 nitrogen and oxygen atoms in total. The van der Waals surface area contributed by atoms with E-state index in [9.17, 15) is 0 Å². The summed E-state index contributed by atoms with van der Waals surface area (Å²) >= 11 is 1.81. The minimum atomic E-state index is 0.580. The van der Waals surface area contributed by atoms with E-state index in [1.807, 2.05) is 24.8 Å². The van der Waals surface area contributed by atoms with Crippen molar-refractivity contribution >= 4 is 17.6 Å². The highest BCUT2D eigenvalue weighted by atomic mass is 32.2. The van der Waals surface area contributed by atoms with E-state index in [4.69, 9.17) is 5.73 Å². The van der Waals surface area contributed by atoms with Crippen LogP contribution in [0.15, 0.2) is 11.1 Å². The molecule has 1 heterocycles. The molecule has 0 saturated heterocycles. The highest BCUT2D eigenvalue weighted by molar-refractivity contribution is 7.99. The van der Waals surface area contributed by atoms with Crippen LogP contribution < -0.4 is 5.73 Å². The Morgan fingerprint density at radius 1 is 1.40 bits per heavy atom. The van der Waals surface area contributed by atoms with Gasteiger partial charge in [-0.15, -0.1) is 11.8 Å². The van der Waals surface area contributed by atoms with Crippen LogP contribution in [-0.4, -0.2) is 15.7 Å². The van der Waals surface area contributed by atoms with E-state index >= 15 is 0 Å². The third-order valence-corrected chi connectivity index (χ3v) is 3.92. The molecular formula is C11H17N3S. The second-order valence-corrected chi connectivity index (χ2v) is 5.18. The fraction of sp³-hybridized carbons (Fsp3) is 0.636. The Kier molecular flexibility index (Phi) is 3.46. The van der Waals surface area contributed by atoms with E-state index in [-0.39, 0.29) is 0 Å². The fourth-order valence-corrected chi connectivity index (χ4v) is 3.16.